The number of pyridine rings is 1. The number of nitrogens with zero attached hydrogens (tertiary/aromatic N) is 8. The quantitative estimate of drug-likeness (QED) is 0.112. The van der Waals surface area contributed by atoms with Crippen molar-refractivity contribution in [1.29, 1.82) is 0 Å². The number of carbonyl (C=O) groups is 2. The number of aliphatic hydroxyl groups is 1. The minimum Gasteiger partial charge on any atom is -0.508 e. The van der Waals surface area contributed by atoms with Gasteiger partial charge in [-0.05, 0) is 148 Å². The molecule has 2 saturated carbocycles. The Morgan fingerprint density at radius 2 is 1.68 bits per heavy atom. The fraction of sp³-hybridized carbons (Fsp3) is 0.526. The van der Waals surface area contributed by atoms with Crippen LogP contribution >= 0.6 is 0 Å². The van der Waals surface area contributed by atoms with E-state index in [1.165, 1.54) is 0 Å². The van der Waals surface area contributed by atoms with E-state index in [9.17, 15) is 19.8 Å². The number of fused-ring (bicyclic) bond motifs is 3. The molecule has 5 aromatic rings. The van der Waals surface area contributed by atoms with Crippen molar-refractivity contribution in [2.75, 3.05) is 81.9 Å². The van der Waals surface area contributed by atoms with Crippen LogP contribution in [0, 0.1) is 16.6 Å². The number of alkyl halides is 1. The second-order valence-corrected chi connectivity index (χ2v) is 23.2. The minimum absolute atomic E-state index is 0.0208. The van der Waals surface area contributed by atoms with Crippen LogP contribution in [-0.4, -0.2) is 141 Å². The number of halogens is 2. The summed E-state index contributed by atoms with van der Waals surface area (Å²) in [6.07, 6.45) is 10.1. The Hall–Kier alpha value is -5.97. The van der Waals surface area contributed by atoms with Crippen molar-refractivity contribution in [1.82, 2.24) is 35.0 Å². The molecule has 7 aliphatic rings. The van der Waals surface area contributed by atoms with E-state index in [0.717, 1.165) is 112 Å². The molecule has 2 aliphatic carbocycles. The first-order chi connectivity index (χ1) is 35.1. The van der Waals surface area contributed by atoms with E-state index in [1.54, 1.807) is 23.2 Å². The third-order valence-corrected chi connectivity index (χ3v) is 17.5. The fourth-order valence-electron chi connectivity index (χ4n) is 13.4. The predicted molar refractivity (Wildman–Crippen MR) is 277 cm³/mol. The van der Waals surface area contributed by atoms with Crippen molar-refractivity contribution in [3.63, 3.8) is 0 Å². The van der Waals surface area contributed by atoms with Crippen molar-refractivity contribution in [3.8, 4) is 23.0 Å². The summed E-state index contributed by atoms with van der Waals surface area (Å²) in [5.41, 5.74) is 2.89. The van der Waals surface area contributed by atoms with Gasteiger partial charge in [0.05, 0.1) is 17.6 Å². The number of allylic oxidation sites excluding steroid dienone is 1. The van der Waals surface area contributed by atoms with E-state index >= 15 is 8.78 Å². The van der Waals surface area contributed by atoms with Gasteiger partial charge in [-0.15, -0.1) is 0 Å². The maximum absolute atomic E-state index is 17.2. The SMILES string of the molecule is C=C1CC[C@H](N2Cc3cc(N4CCN(CC5(F)CC6(CCN(CC7(COc8nc(N9CCC[C@@](C)(O)C9)c9cnc(-c%10cc(O)cc%11cccc(CC)c%10%11)c(F)c9n8)CC7)CC6)C5)CC4)ccc3C2=O)C(=O)N1. The number of aromatic hydroxyl groups is 1. The first-order valence-corrected chi connectivity index (χ1v) is 26.6. The summed E-state index contributed by atoms with van der Waals surface area (Å²) in [4.78, 5) is 51.1. The zero-order valence-electron chi connectivity index (χ0n) is 42.2. The van der Waals surface area contributed by atoms with Gasteiger partial charge in [0.15, 0.2) is 5.82 Å². The van der Waals surface area contributed by atoms with Crippen molar-refractivity contribution in [3.05, 3.63) is 89.5 Å². The topological polar surface area (TPSA) is 151 Å². The second kappa shape index (κ2) is 18.2. The highest BCUT2D eigenvalue weighted by Gasteiger charge is 2.57. The molecule has 16 heteroatoms. The summed E-state index contributed by atoms with van der Waals surface area (Å²) in [6.45, 7) is 15.8. The number of piperazine rings is 1. The van der Waals surface area contributed by atoms with Gasteiger partial charge >= 0.3 is 6.01 Å². The number of rotatable bonds is 12. The molecule has 14 nitrogen and oxygen atoms in total. The summed E-state index contributed by atoms with van der Waals surface area (Å²) in [6, 6.07) is 14.7. The molecule has 0 bridgehead atoms. The molecule has 2 atom stereocenters. The van der Waals surface area contributed by atoms with Gasteiger partial charge in [0.1, 0.15) is 34.5 Å². The molecular formula is C57H67F2N9O5. The molecule has 5 aliphatic heterocycles. The van der Waals surface area contributed by atoms with Crippen LogP contribution in [0.3, 0.4) is 0 Å². The lowest BCUT2D eigenvalue weighted by atomic mass is 9.55. The summed E-state index contributed by atoms with van der Waals surface area (Å²) >= 11 is 0. The zero-order valence-corrected chi connectivity index (χ0v) is 42.2. The normalized spacial score (nSPS) is 24.8. The Kier molecular flexibility index (Phi) is 11.9. The smallest absolute Gasteiger partial charge is 0.319 e. The molecule has 0 unspecified atom stereocenters. The largest absolute Gasteiger partial charge is 0.508 e. The van der Waals surface area contributed by atoms with Crippen LogP contribution < -0.4 is 19.9 Å². The van der Waals surface area contributed by atoms with E-state index in [-0.39, 0.29) is 45.6 Å². The number of hydrogen-bond donors (Lipinski definition) is 3. The highest BCUT2D eigenvalue weighted by molar-refractivity contribution is 6.03. The van der Waals surface area contributed by atoms with Gasteiger partial charge < -0.3 is 39.9 Å². The van der Waals surface area contributed by atoms with Crippen LogP contribution in [0.2, 0.25) is 0 Å². The monoisotopic (exact) mass is 996 g/mol. The second-order valence-electron chi connectivity index (χ2n) is 23.2. The molecule has 73 heavy (non-hydrogen) atoms. The number of phenolic OH excluding ortho intramolecular Hbond substituents is 1. The van der Waals surface area contributed by atoms with E-state index in [4.69, 9.17) is 14.7 Å². The molecule has 3 aromatic carbocycles. The van der Waals surface area contributed by atoms with E-state index < -0.39 is 23.1 Å². The zero-order chi connectivity index (χ0) is 50.4. The van der Waals surface area contributed by atoms with Crippen LogP contribution in [0.15, 0.2) is 67.0 Å². The number of likely N-dealkylation sites (tertiary alicyclic amines) is 1. The first kappa shape index (κ1) is 48.0. The fourth-order valence-corrected chi connectivity index (χ4v) is 13.4. The number of hydrogen-bond acceptors (Lipinski definition) is 12. The number of ether oxygens (including phenoxy) is 1. The first-order valence-electron chi connectivity index (χ1n) is 26.6. The molecule has 0 radical (unpaired) electrons. The van der Waals surface area contributed by atoms with Crippen LogP contribution in [0.5, 0.6) is 11.8 Å². The Morgan fingerprint density at radius 1 is 0.904 bits per heavy atom. The van der Waals surface area contributed by atoms with Gasteiger partial charge in [0.25, 0.3) is 5.91 Å². The summed E-state index contributed by atoms with van der Waals surface area (Å²) in [5.74, 6) is -0.376. The van der Waals surface area contributed by atoms with Gasteiger partial charge in [0, 0.05) is 93.0 Å². The van der Waals surface area contributed by atoms with E-state index in [0.29, 0.717) is 92.9 Å². The molecule has 384 valence electrons. The maximum atomic E-state index is 17.2. The van der Waals surface area contributed by atoms with Crippen LogP contribution in [-0.2, 0) is 17.8 Å². The van der Waals surface area contributed by atoms with Crippen LogP contribution in [0.1, 0.15) is 99.5 Å². The number of carbonyl (C=O) groups excluding carboxylic acids is 2. The Morgan fingerprint density at radius 3 is 2.42 bits per heavy atom. The van der Waals surface area contributed by atoms with E-state index in [2.05, 4.69) is 37.6 Å². The van der Waals surface area contributed by atoms with Crippen molar-refractivity contribution >= 4 is 45.0 Å². The number of anilines is 2. The summed E-state index contributed by atoms with van der Waals surface area (Å²) in [5, 5.41) is 26.8. The molecule has 2 aromatic heterocycles. The van der Waals surface area contributed by atoms with Gasteiger partial charge in [-0.2, -0.15) is 9.97 Å². The summed E-state index contributed by atoms with van der Waals surface area (Å²) < 4.78 is 40.2. The predicted octanol–water partition coefficient (Wildman–Crippen LogP) is 7.92. The average molecular weight is 996 g/mol. The van der Waals surface area contributed by atoms with Crippen molar-refractivity contribution in [2.24, 2.45) is 10.8 Å². The Labute approximate surface area is 425 Å². The lowest BCUT2D eigenvalue weighted by molar-refractivity contribution is -0.126. The third kappa shape index (κ3) is 9.15. The molecule has 4 saturated heterocycles. The van der Waals surface area contributed by atoms with Crippen LogP contribution in [0.25, 0.3) is 32.9 Å². The number of aromatic nitrogens is 3. The van der Waals surface area contributed by atoms with Gasteiger partial charge in [-0.3, -0.25) is 19.5 Å². The van der Waals surface area contributed by atoms with Crippen molar-refractivity contribution in [2.45, 2.75) is 108 Å². The van der Waals surface area contributed by atoms with Gasteiger partial charge in [-0.25, -0.2) is 8.78 Å². The minimum atomic E-state index is -1.18. The molecular weight excluding hydrogens is 929 g/mol. The third-order valence-electron chi connectivity index (χ3n) is 17.5. The maximum Gasteiger partial charge on any atom is 0.319 e. The number of benzene rings is 3. The molecule has 6 fully saturated rings. The lowest BCUT2D eigenvalue weighted by Crippen LogP contribution is -2.60. The lowest BCUT2D eigenvalue weighted by Gasteiger charge is -2.57. The Balaban J connectivity index is 0.663. The number of aryl methyl sites for hydroxylation is 1. The van der Waals surface area contributed by atoms with E-state index in [1.807, 2.05) is 49.1 Å². The average Bonchev–Trinajstić information content (AvgIpc) is 4.05. The molecule has 1 spiro atoms. The molecule has 12 rings (SSSR count). The van der Waals surface area contributed by atoms with Crippen LogP contribution in [0.4, 0.5) is 20.3 Å². The molecule has 3 N–H and O–H groups in total. The number of phenols is 1. The molecule has 7 heterocycles. The highest BCUT2D eigenvalue weighted by Crippen LogP contribution is 2.58. The Bertz CT molecular complexity index is 3030. The standard InChI is InChI=1S/C57H67F2N9O5/c1-4-37-7-5-8-38-26-41(69)27-43(46(37)38)48-47(58)49-44(28-60-48)50(67-18-6-13-54(3,72)32-67)63-53(62-49)73-35-56(14-15-56)33-64-19-16-55(17-20-64)30-57(59,31-55)34-65-21-23-66(24-22-65)40-10-11-42-39(25-40)29-68(52(42)71)45-12-9-36(2)61-51(45)70/h5,7-8,10-11,25-28,45,69,72H,2,4,6,9,12-24,29-35H2,1,3H3,(H,61,70)/t45-,54+/m0/s1. The van der Waals surface area contributed by atoms with Gasteiger partial charge in [0.2, 0.25) is 5.91 Å². The van der Waals surface area contributed by atoms with Gasteiger partial charge in [-0.1, -0.05) is 31.7 Å². The number of piperidine rings is 3. The number of amides is 2. The molecule has 2 amide bonds. The summed E-state index contributed by atoms with van der Waals surface area (Å²) in [7, 11) is 0. The highest BCUT2D eigenvalue weighted by atomic mass is 19.1. The van der Waals surface area contributed by atoms with Crippen molar-refractivity contribution < 1.29 is 33.3 Å². The number of β-amino-alcohol motifs (C(OH)–C–C–N with tert-alkyl or cyclic N) is 1. The number of nitrogens with one attached hydrogen (secondary N) is 1.